The Morgan fingerprint density at radius 2 is 1.91 bits per heavy atom. The van der Waals surface area contributed by atoms with E-state index >= 15 is 0 Å². The van der Waals surface area contributed by atoms with E-state index < -0.39 is 5.97 Å². The van der Waals surface area contributed by atoms with Gasteiger partial charge in [0.2, 0.25) is 0 Å². The first kappa shape index (κ1) is 21.9. The molecule has 34 heavy (non-hydrogen) atoms. The van der Waals surface area contributed by atoms with Gasteiger partial charge in [-0.25, -0.2) is 9.79 Å². The van der Waals surface area contributed by atoms with E-state index in [-0.39, 0.29) is 5.88 Å². The molecule has 0 amide bonds. The summed E-state index contributed by atoms with van der Waals surface area (Å²) in [5.74, 6) is -0.465. The molecule has 1 fully saturated rings. The summed E-state index contributed by atoms with van der Waals surface area (Å²) in [6.45, 7) is 3.25. The van der Waals surface area contributed by atoms with Gasteiger partial charge in [0, 0.05) is 35.4 Å². The number of benzene rings is 2. The lowest BCUT2D eigenvalue weighted by molar-refractivity contribution is 0.0601. The number of rotatable bonds is 6. The predicted molar refractivity (Wildman–Crippen MR) is 132 cm³/mol. The average molecular weight is 455 g/mol. The number of carbonyl (C=O) groups is 1. The van der Waals surface area contributed by atoms with Crippen molar-refractivity contribution in [2.75, 3.05) is 20.2 Å². The van der Waals surface area contributed by atoms with Crippen molar-refractivity contribution in [1.82, 2.24) is 14.9 Å². The minimum atomic E-state index is -0.443. The Morgan fingerprint density at radius 3 is 2.62 bits per heavy atom. The van der Waals surface area contributed by atoms with Crippen LogP contribution in [-0.2, 0) is 11.3 Å². The van der Waals surface area contributed by atoms with Crippen LogP contribution in [0.1, 0.15) is 39.9 Å². The Bertz CT molecular complexity index is 1340. The second-order valence-corrected chi connectivity index (χ2v) is 8.45. The predicted octanol–water partition coefficient (Wildman–Crippen LogP) is 4.82. The highest BCUT2D eigenvalue weighted by Gasteiger charge is 2.20. The van der Waals surface area contributed by atoms with Gasteiger partial charge in [0.25, 0.3) is 0 Å². The monoisotopic (exact) mass is 454 g/mol. The van der Waals surface area contributed by atoms with Gasteiger partial charge < -0.3 is 14.8 Å². The van der Waals surface area contributed by atoms with Crippen LogP contribution in [0.4, 0.5) is 5.69 Å². The zero-order chi connectivity index (χ0) is 23.5. The summed E-state index contributed by atoms with van der Waals surface area (Å²) >= 11 is 0. The molecular weight excluding hydrogens is 428 g/mol. The third-order valence-corrected chi connectivity index (χ3v) is 6.15. The van der Waals surface area contributed by atoms with E-state index in [1.807, 2.05) is 24.3 Å². The molecule has 1 saturated heterocycles. The van der Waals surface area contributed by atoms with Crippen molar-refractivity contribution in [3.63, 3.8) is 0 Å². The first-order chi connectivity index (χ1) is 16.6. The van der Waals surface area contributed by atoms with Gasteiger partial charge in [0.05, 0.1) is 29.6 Å². The fraction of sp³-hybridized carbons (Fsp3) is 0.222. The number of nitrogens with one attached hydrogen (secondary N) is 1. The molecule has 0 saturated carbocycles. The maximum absolute atomic E-state index is 12.1. The van der Waals surface area contributed by atoms with Crippen molar-refractivity contribution in [1.29, 1.82) is 0 Å². The quantitative estimate of drug-likeness (QED) is 0.322. The number of likely N-dealkylation sites (tertiary alicyclic amines) is 1. The van der Waals surface area contributed by atoms with Crippen LogP contribution in [0, 0.1) is 0 Å². The van der Waals surface area contributed by atoms with Crippen LogP contribution < -0.4 is 0 Å². The normalized spacial score (nSPS) is 14.6. The summed E-state index contributed by atoms with van der Waals surface area (Å²) in [4.78, 5) is 26.7. The maximum Gasteiger partial charge on any atom is 0.337 e. The Labute approximate surface area is 197 Å². The van der Waals surface area contributed by atoms with Crippen LogP contribution in [0.15, 0.2) is 72.0 Å². The second kappa shape index (κ2) is 9.49. The summed E-state index contributed by atoms with van der Waals surface area (Å²) in [5, 5.41) is 11.5. The summed E-state index contributed by atoms with van der Waals surface area (Å²) < 4.78 is 4.88. The highest BCUT2D eigenvalue weighted by molar-refractivity contribution is 6.22. The molecule has 0 aliphatic carbocycles. The highest BCUT2D eigenvalue weighted by atomic mass is 16.5. The molecule has 7 nitrogen and oxygen atoms in total. The molecule has 172 valence electrons. The number of nitrogens with zero attached hydrogens (tertiary/aromatic N) is 3. The molecule has 2 aromatic heterocycles. The molecule has 0 atom stereocenters. The Hall–Kier alpha value is -3.97. The molecule has 7 heteroatoms. The third kappa shape index (κ3) is 4.43. The molecular formula is C27H26N4O3. The van der Waals surface area contributed by atoms with E-state index in [9.17, 15) is 9.90 Å². The fourth-order valence-corrected chi connectivity index (χ4v) is 4.43. The van der Waals surface area contributed by atoms with Crippen molar-refractivity contribution in [3.8, 4) is 5.88 Å². The van der Waals surface area contributed by atoms with Gasteiger partial charge in [-0.1, -0.05) is 12.1 Å². The van der Waals surface area contributed by atoms with Gasteiger partial charge in [-0.3, -0.25) is 9.88 Å². The van der Waals surface area contributed by atoms with E-state index in [0.29, 0.717) is 27.7 Å². The number of ether oxygens (including phenoxy) is 1. The Balaban J connectivity index is 1.58. The number of H-pyrrole nitrogens is 1. The zero-order valence-corrected chi connectivity index (χ0v) is 19.0. The average Bonchev–Trinajstić information content (AvgIpc) is 3.50. The van der Waals surface area contributed by atoms with Crippen LogP contribution in [0.5, 0.6) is 5.88 Å². The van der Waals surface area contributed by atoms with E-state index in [1.165, 1.54) is 25.5 Å². The van der Waals surface area contributed by atoms with Crippen molar-refractivity contribution >= 4 is 28.3 Å². The largest absolute Gasteiger partial charge is 0.494 e. The van der Waals surface area contributed by atoms with E-state index in [4.69, 9.17) is 9.73 Å². The van der Waals surface area contributed by atoms with Gasteiger partial charge in [-0.2, -0.15) is 0 Å². The maximum atomic E-state index is 12.1. The summed E-state index contributed by atoms with van der Waals surface area (Å²) in [7, 11) is 1.35. The number of aromatic nitrogens is 2. The van der Waals surface area contributed by atoms with E-state index in [0.717, 1.165) is 30.9 Å². The standard InChI is InChI=1S/C27H26N4O3/c1-34-27(33)19-8-11-23-22(15-19)24(26(32)30-23)25(20-5-4-12-28-16-20)29-21-9-6-18(7-10-21)17-31-13-2-3-14-31/h4-12,15-16,30,32H,2-3,13-14,17H2,1H3. The van der Waals surface area contributed by atoms with Crippen molar-refractivity contribution in [3.05, 3.63) is 89.2 Å². The van der Waals surface area contributed by atoms with Crippen molar-refractivity contribution in [2.45, 2.75) is 19.4 Å². The topological polar surface area (TPSA) is 90.8 Å². The second-order valence-electron chi connectivity index (χ2n) is 8.45. The molecule has 2 N–H and O–H groups in total. The number of esters is 1. The molecule has 0 bridgehead atoms. The van der Waals surface area contributed by atoms with Gasteiger partial charge in [-0.05, 0) is 74.0 Å². The lowest BCUT2D eigenvalue weighted by atomic mass is 10.0. The number of hydrogen-bond donors (Lipinski definition) is 2. The molecule has 1 aliphatic rings. The zero-order valence-electron chi connectivity index (χ0n) is 19.0. The van der Waals surface area contributed by atoms with Crippen LogP contribution in [-0.4, -0.2) is 51.9 Å². The lowest BCUT2D eigenvalue weighted by Crippen LogP contribution is -2.18. The van der Waals surface area contributed by atoms with Crippen molar-refractivity contribution < 1.29 is 14.6 Å². The fourth-order valence-electron chi connectivity index (χ4n) is 4.43. The molecule has 2 aromatic carbocycles. The lowest BCUT2D eigenvalue weighted by Gasteiger charge is -2.14. The Morgan fingerprint density at radius 1 is 1.12 bits per heavy atom. The number of aliphatic imine (C=N–C) groups is 1. The minimum Gasteiger partial charge on any atom is -0.494 e. The van der Waals surface area contributed by atoms with Crippen LogP contribution >= 0.6 is 0 Å². The summed E-state index contributed by atoms with van der Waals surface area (Å²) in [6, 6.07) is 17.0. The summed E-state index contributed by atoms with van der Waals surface area (Å²) in [6.07, 6.45) is 5.94. The Kier molecular flexibility index (Phi) is 6.10. The molecule has 3 heterocycles. The number of methoxy groups -OCH3 is 1. The van der Waals surface area contributed by atoms with Crippen LogP contribution in [0.3, 0.4) is 0 Å². The first-order valence-corrected chi connectivity index (χ1v) is 11.4. The van der Waals surface area contributed by atoms with Crippen LogP contribution in [0.2, 0.25) is 0 Å². The number of pyridine rings is 1. The summed E-state index contributed by atoms with van der Waals surface area (Å²) in [5.41, 5.74) is 4.93. The van der Waals surface area contributed by atoms with Gasteiger partial charge in [0.15, 0.2) is 5.88 Å². The highest BCUT2D eigenvalue weighted by Crippen LogP contribution is 2.32. The van der Waals surface area contributed by atoms with Gasteiger partial charge in [0.1, 0.15) is 0 Å². The number of aromatic amines is 1. The van der Waals surface area contributed by atoms with Gasteiger partial charge >= 0.3 is 5.97 Å². The number of carbonyl (C=O) groups excluding carboxylic acids is 1. The molecule has 5 rings (SSSR count). The van der Waals surface area contributed by atoms with E-state index in [1.54, 1.807) is 30.6 Å². The van der Waals surface area contributed by atoms with Gasteiger partial charge in [-0.15, -0.1) is 0 Å². The molecule has 0 unspecified atom stereocenters. The first-order valence-electron chi connectivity index (χ1n) is 11.4. The molecule has 0 spiro atoms. The molecule has 1 aliphatic heterocycles. The minimum absolute atomic E-state index is 0.0229. The van der Waals surface area contributed by atoms with Crippen molar-refractivity contribution in [2.24, 2.45) is 4.99 Å². The number of aromatic hydroxyl groups is 1. The number of fused-ring (bicyclic) bond motifs is 1. The van der Waals surface area contributed by atoms with Crippen LogP contribution in [0.25, 0.3) is 10.9 Å². The SMILES string of the molecule is COC(=O)c1ccc2[nH]c(O)c(C(=Nc3ccc(CN4CCCC4)cc3)c3cccnc3)c2c1. The van der Waals surface area contributed by atoms with E-state index in [2.05, 4.69) is 27.0 Å². The third-order valence-electron chi connectivity index (χ3n) is 6.15. The molecule has 4 aromatic rings. The molecule has 0 radical (unpaired) electrons. The number of hydrogen-bond acceptors (Lipinski definition) is 6. The smallest absolute Gasteiger partial charge is 0.337 e.